The maximum absolute atomic E-state index is 6.10. The molecule has 0 radical (unpaired) electrons. The number of hydrogen-bond acceptors (Lipinski definition) is 3. The topological polar surface area (TPSA) is 34.1 Å². The Morgan fingerprint density at radius 1 is 1.24 bits per heavy atom. The van der Waals surface area contributed by atoms with E-state index >= 15 is 0 Å². The number of pyridine rings is 1. The molecular weight excluding hydrogens is 284 g/mol. The molecule has 4 heteroatoms. The lowest BCUT2D eigenvalue weighted by Crippen LogP contribution is -2.22. The van der Waals surface area contributed by atoms with Crippen LogP contribution in [-0.4, -0.2) is 11.0 Å². The summed E-state index contributed by atoms with van der Waals surface area (Å²) in [5.74, 6) is 0.890. The van der Waals surface area contributed by atoms with Gasteiger partial charge in [-0.3, -0.25) is 4.98 Å². The Morgan fingerprint density at radius 3 is 2.76 bits per heavy atom. The molecule has 2 aromatic rings. The standard InChI is InChI=1S/C17H21ClN2O/c1-12(2)20-9-15-8-13(3)4-5-17(15)21-11-14-6-7-19-10-16(14)18/h4-8,10,12,20H,9,11H2,1-3H3. The molecule has 0 unspecified atom stereocenters. The highest BCUT2D eigenvalue weighted by Crippen LogP contribution is 2.23. The fourth-order valence-corrected chi connectivity index (χ4v) is 2.15. The molecule has 1 aromatic carbocycles. The van der Waals surface area contributed by atoms with Crippen LogP contribution < -0.4 is 10.1 Å². The van der Waals surface area contributed by atoms with Crippen molar-refractivity contribution in [2.45, 2.75) is 40.0 Å². The van der Waals surface area contributed by atoms with E-state index in [9.17, 15) is 0 Å². The minimum atomic E-state index is 0.438. The van der Waals surface area contributed by atoms with Crippen LogP contribution in [-0.2, 0) is 13.2 Å². The highest BCUT2D eigenvalue weighted by molar-refractivity contribution is 6.31. The second kappa shape index (κ2) is 7.43. The smallest absolute Gasteiger partial charge is 0.124 e. The molecule has 0 atom stereocenters. The molecule has 1 aromatic heterocycles. The maximum Gasteiger partial charge on any atom is 0.124 e. The lowest BCUT2D eigenvalue weighted by Gasteiger charge is -2.15. The van der Waals surface area contributed by atoms with Crippen molar-refractivity contribution in [1.82, 2.24) is 10.3 Å². The number of ether oxygens (including phenoxy) is 1. The van der Waals surface area contributed by atoms with E-state index in [-0.39, 0.29) is 0 Å². The van der Waals surface area contributed by atoms with Gasteiger partial charge in [0.2, 0.25) is 0 Å². The molecule has 112 valence electrons. The Hall–Kier alpha value is -1.58. The Morgan fingerprint density at radius 2 is 2.05 bits per heavy atom. The number of halogens is 1. The molecule has 0 amide bonds. The molecule has 3 nitrogen and oxygen atoms in total. The second-order valence-corrected chi connectivity index (χ2v) is 5.81. The quantitative estimate of drug-likeness (QED) is 0.871. The van der Waals surface area contributed by atoms with Gasteiger partial charge in [0.25, 0.3) is 0 Å². The third kappa shape index (κ3) is 4.73. The van der Waals surface area contributed by atoms with Gasteiger partial charge in [0, 0.05) is 36.1 Å². The molecule has 0 bridgehead atoms. The zero-order valence-electron chi connectivity index (χ0n) is 12.7. The van der Waals surface area contributed by atoms with Crippen LogP contribution in [0.4, 0.5) is 0 Å². The fraction of sp³-hybridized carbons (Fsp3) is 0.353. The molecule has 0 aliphatic carbocycles. The Kier molecular flexibility index (Phi) is 5.59. The number of nitrogens with one attached hydrogen (secondary N) is 1. The molecule has 1 heterocycles. The number of aromatic nitrogens is 1. The van der Waals surface area contributed by atoms with Gasteiger partial charge < -0.3 is 10.1 Å². The fourth-order valence-electron chi connectivity index (χ4n) is 1.98. The Balaban J connectivity index is 2.10. The largest absolute Gasteiger partial charge is 0.489 e. The molecule has 0 saturated carbocycles. The molecule has 21 heavy (non-hydrogen) atoms. The summed E-state index contributed by atoms with van der Waals surface area (Å²) in [5, 5.41) is 4.05. The molecule has 0 aliphatic rings. The first kappa shape index (κ1) is 15.8. The molecule has 0 spiro atoms. The maximum atomic E-state index is 6.10. The van der Waals surface area contributed by atoms with Gasteiger partial charge in [-0.25, -0.2) is 0 Å². The number of hydrogen-bond donors (Lipinski definition) is 1. The second-order valence-electron chi connectivity index (χ2n) is 5.40. The monoisotopic (exact) mass is 304 g/mol. The Bertz CT molecular complexity index is 599. The molecule has 2 rings (SSSR count). The normalized spacial score (nSPS) is 10.9. The van der Waals surface area contributed by atoms with Crippen LogP contribution in [0.25, 0.3) is 0 Å². The third-order valence-corrected chi connectivity index (χ3v) is 3.50. The molecule has 0 saturated heterocycles. The lowest BCUT2D eigenvalue weighted by molar-refractivity contribution is 0.301. The van der Waals surface area contributed by atoms with E-state index in [4.69, 9.17) is 16.3 Å². The van der Waals surface area contributed by atoms with E-state index in [1.54, 1.807) is 12.4 Å². The summed E-state index contributed by atoms with van der Waals surface area (Å²) in [6, 6.07) is 8.54. The molecule has 0 aliphatic heterocycles. The predicted octanol–water partition coefficient (Wildman–Crippen LogP) is 4.12. The zero-order valence-corrected chi connectivity index (χ0v) is 13.4. The first-order chi connectivity index (χ1) is 10.1. The van der Waals surface area contributed by atoms with Crippen molar-refractivity contribution >= 4 is 11.6 Å². The first-order valence-electron chi connectivity index (χ1n) is 7.10. The minimum Gasteiger partial charge on any atom is -0.489 e. The number of benzene rings is 1. The van der Waals surface area contributed by atoms with E-state index in [0.717, 1.165) is 23.4 Å². The minimum absolute atomic E-state index is 0.438. The highest BCUT2D eigenvalue weighted by Gasteiger charge is 2.07. The number of nitrogens with zero attached hydrogens (tertiary/aromatic N) is 1. The van der Waals surface area contributed by atoms with Crippen molar-refractivity contribution < 1.29 is 4.74 Å². The zero-order chi connectivity index (χ0) is 15.2. The van der Waals surface area contributed by atoms with Crippen molar-refractivity contribution in [3.63, 3.8) is 0 Å². The summed E-state index contributed by atoms with van der Waals surface area (Å²) in [7, 11) is 0. The lowest BCUT2D eigenvalue weighted by atomic mass is 10.1. The van der Waals surface area contributed by atoms with Gasteiger partial charge in [0.05, 0.1) is 5.02 Å². The SMILES string of the molecule is Cc1ccc(OCc2ccncc2Cl)c(CNC(C)C)c1. The van der Waals surface area contributed by atoms with E-state index in [1.807, 2.05) is 12.1 Å². The third-order valence-electron chi connectivity index (χ3n) is 3.16. The van der Waals surface area contributed by atoms with Gasteiger partial charge >= 0.3 is 0 Å². The van der Waals surface area contributed by atoms with Crippen molar-refractivity contribution in [1.29, 1.82) is 0 Å². The average molecular weight is 305 g/mol. The predicted molar refractivity (Wildman–Crippen MR) is 86.7 cm³/mol. The van der Waals surface area contributed by atoms with Gasteiger partial charge in [-0.2, -0.15) is 0 Å². The highest BCUT2D eigenvalue weighted by atomic mass is 35.5. The average Bonchev–Trinajstić information content (AvgIpc) is 2.45. The van der Waals surface area contributed by atoms with E-state index < -0.39 is 0 Å². The summed E-state index contributed by atoms with van der Waals surface area (Å²) in [5.41, 5.74) is 3.33. The number of rotatable bonds is 6. The van der Waals surface area contributed by atoms with Gasteiger partial charge in [0.1, 0.15) is 12.4 Å². The summed E-state index contributed by atoms with van der Waals surface area (Å²) < 4.78 is 5.94. The van der Waals surface area contributed by atoms with Crippen LogP contribution in [0.1, 0.15) is 30.5 Å². The first-order valence-corrected chi connectivity index (χ1v) is 7.48. The summed E-state index contributed by atoms with van der Waals surface area (Å²) in [6.45, 7) is 7.58. The van der Waals surface area contributed by atoms with Crippen molar-refractivity contribution in [3.8, 4) is 5.75 Å². The van der Waals surface area contributed by atoms with Gasteiger partial charge in [-0.15, -0.1) is 0 Å². The van der Waals surface area contributed by atoms with Crippen LogP contribution in [0.3, 0.4) is 0 Å². The Labute approximate surface area is 131 Å². The van der Waals surface area contributed by atoms with E-state index in [0.29, 0.717) is 17.7 Å². The summed E-state index contributed by atoms with van der Waals surface area (Å²) >= 11 is 6.10. The van der Waals surface area contributed by atoms with Crippen molar-refractivity contribution in [2.24, 2.45) is 0 Å². The van der Waals surface area contributed by atoms with Crippen LogP contribution in [0.5, 0.6) is 5.75 Å². The van der Waals surface area contributed by atoms with Crippen LogP contribution in [0.2, 0.25) is 5.02 Å². The van der Waals surface area contributed by atoms with Gasteiger partial charge in [-0.05, 0) is 19.1 Å². The summed E-state index contributed by atoms with van der Waals surface area (Å²) in [6.07, 6.45) is 3.36. The van der Waals surface area contributed by atoms with Crippen molar-refractivity contribution in [2.75, 3.05) is 0 Å². The van der Waals surface area contributed by atoms with E-state index in [1.165, 1.54) is 5.56 Å². The number of aryl methyl sites for hydroxylation is 1. The van der Waals surface area contributed by atoms with Crippen molar-refractivity contribution in [3.05, 3.63) is 58.4 Å². The van der Waals surface area contributed by atoms with Crippen LogP contribution >= 0.6 is 11.6 Å². The molecule has 1 N–H and O–H groups in total. The van der Waals surface area contributed by atoms with E-state index in [2.05, 4.69) is 43.2 Å². The molecular formula is C17H21ClN2O. The van der Waals surface area contributed by atoms with Gasteiger partial charge in [-0.1, -0.05) is 43.1 Å². The molecule has 0 fully saturated rings. The summed E-state index contributed by atoms with van der Waals surface area (Å²) in [4.78, 5) is 3.98. The van der Waals surface area contributed by atoms with Crippen LogP contribution in [0.15, 0.2) is 36.7 Å². The van der Waals surface area contributed by atoms with Gasteiger partial charge in [0.15, 0.2) is 0 Å². The van der Waals surface area contributed by atoms with Crippen LogP contribution in [0, 0.1) is 6.92 Å².